The molecule has 0 aliphatic rings. The molecule has 0 saturated carbocycles. The molecule has 0 aliphatic heterocycles. The SMILES string of the molecule is C#CCOc1ccc(C(F)(F)F)cc1F. The molecule has 1 nitrogen and oxygen atoms in total. The van der Waals surface area contributed by atoms with E-state index in [4.69, 9.17) is 6.42 Å². The Morgan fingerprint density at radius 3 is 2.47 bits per heavy atom. The second-order valence-corrected chi connectivity index (χ2v) is 2.64. The van der Waals surface area contributed by atoms with Crippen LogP contribution in [0.25, 0.3) is 0 Å². The van der Waals surface area contributed by atoms with Crippen molar-refractivity contribution in [2.75, 3.05) is 6.61 Å². The summed E-state index contributed by atoms with van der Waals surface area (Å²) in [7, 11) is 0. The highest BCUT2D eigenvalue weighted by Gasteiger charge is 2.31. The summed E-state index contributed by atoms with van der Waals surface area (Å²) in [5, 5.41) is 0. The molecular weight excluding hydrogens is 212 g/mol. The number of terminal acetylenes is 1. The minimum atomic E-state index is -4.56. The van der Waals surface area contributed by atoms with Crippen LogP contribution < -0.4 is 4.74 Å². The highest BCUT2D eigenvalue weighted by atomic mass is 19.4. The molecule has 0 atom stereocenters. The monoisotopic (exact) mass is 218 g/mol. The van der Waals surface area contributed by atoms with Gasteiger partial charge in [0.1, 0.15) is 6.61 Å². The summed E-state index contributed by atoms with van der Waals surface area (Å²) in [6.07, 6.45) is 0.284. The third kappa shape index (κ3) is 2.88. The molecule has 1 aromatic carbocycles. The molecule has 5 heteroatoms. The second-order valence-electron chi connectivity index (χ2n) is 2.64. The van der Waals surface area contributed by atoms with Crippen LogP contribution in [0.3, 0.4) is 0 Å². The minimum absolute atomic E-state index is 0.192. The molecule has 0 unspecified atom stereocenters. The molecule has 0 fully saturated rings. The Bertz CT molecular complexity index is 389. The van der Waals surface area contributed by atoms with Gasteiger partial charge in [-0.15, -0.1) is 6.42 Å². The van der Waals surface area contributed by atoms with Gasteiger partial charge in [-0.3, -0.25) is 0 Å². The Morgan fingerprint density at radius 2 is 2.00 bits per heavy atom. The van der Waals surface area contributed by atoms with Crippen LogP contribution in [0.15, 0.2) is 18.2 Å². The van der Waals surface area contributed by atoms with Crippen molar-refractivity contribution < 1.29 is 22.3 Å². The Labute approximate surface area is 83.7 Å². The van der Waals surface area contributed by atoms with Gasteiger partial charge >= 0.3 is 6.18 Å². The standard InChI is InChI=1S/C10H6F4O/c1-2-5-15-9-4-3-7(6-8(9)11)10(12,13)14/h1,3-4,6H,5H2. The number of hydrogen-bond donors (Lipinski definition) is 0. The Balaban J connectivity index is 2.94. The van der Waals surface area contributed by atoms with Gasteiger partial charge < -0.3 is 4.74 Å². The summed E-state index contributed by atoms with van der Waals surface area (Å²) in [5.41, 5.74) is -1.06. The first-order valence-corrected chi connectivity index (χ1v) is 3.88. The van der Waals surface area contributed by atoms with E-state index in [0.29, 0.717) is 6.07 Å². The molecule has 0 aromatic heterocycles. The van der Waals surface area contributed by atoms with Crippen LogP contribution in [-0.4, -0.2) is 6.61 Å². The molecule has 0 amide bonds. The summed E-state index contributed by atoms with van der Waals surface area (Å²) in [6, 6.07) is 2.00. The molecule has 15 heavy (non-hydrogen) atoms. The Kier molecular flexibility index (Phi) is 3.20. The summed E-state index contributed by atoms with van der Waals surface area (Å²) in [5.74, 6) is 0.703. The maximum absolute atomic E-state index is 13.0. The van der Waals surface area contributed by atoms with Gasteiger partial charge in [-0.2, -0.15) is 13.2 Å². The van der Waals surface area contributed by atoms with Gasteiger partial charge in [0, 0.05) is 0 Å². The van der Waals surface area contributed by atoms with Gasteiger partial charge in [-0.25, -0.2) is 4.39 Å². The van der Waals surface area contributed by atoms with E-state index in [-0.39, 0.29) is 12.4 Å². The van der Waals surface area contributed by atoms with E-state index < -0.39 is 17.6 Å². The van der Waals surface area contributed by atoms with Crippen LogP contribution in [0.1, 0.15) is 5.56 Å². The molecule has 0 heterocycles. The zero-order valence-corrected chi connectivity index (χ0v) is 7.44. The van der Waals surface area contributed by atoms with Crippen molar-refractivity contribution in [3.05, 3.63) is 29.6 Å². The van der Waals surface area contributed by atoms with Crippen LogP contribution in [0.4, 0.5) is 17.6 Å². The number of halogens is 4. The van der Waals surface area contributed by atoms with E-state index in [9.17, 15) is 17.6 Å². The Morgan fingerprint density at radius 1 is 1.33 bits per heavy atom. The summed E-state index contributed by atoms with van der Waals surface area (Å²) < 4.78 is 54.0. The quantitative estimate of drug-likeness (QED) is 0.547. The molecule has 0 radical (unpaired) electrons. The molecule has 1 aromatic rings. The van der Waals surface area contributed by atoms with Crippen LogP contribution >= 0.6 is 0 Å². The predicted molar refractivity (Wildman–Crippen MR) is 45.7 cm³/mol. The largest absolute Gasteiger partial charge is 0.478 e. The van der Waals surface area contributed by atoms with E-state index in [2.05, 4.69) is 10.7 Å². The van der Waals surface area contributed by atoms with Crippen molar-refractivity contribution >= 4 is 0 Å². The van der Waals surface area contributed by atoms with E-state index in [1.165, 1.54) is 0 Å². The third-order valence-electron chi connectivity index (χ3n) is 1.57. The number of alkyl halides is 3. The number of ether oxygens (including phenoxy) is 1. The van der Waals surface area contributed by atoms with E-state index >= 15 is 0 Å². The molecular formula is C10H6F4O. The fraction of sp³-hybridized carbons (Fsp3) is 0.200. The topological polar surface area (TPSA) is 9.23 Å². The fourth-order valence-electron chi connectivity index (χ4n) is 0.914. The summed E-state index contributed by atoms with van der Waals surface area (Å²) in [6.45, 7) is -0.192. The van der Waals surface area contributed by atoms with E-state index in [1.54, 1.807) is 0 Å². The first kappa shape index (κ1) is 11.4. The van der Waals surface area contributed by atoms with Crippen LogP contribution in [0, 0.1) is 18.2 Å². The first-order valence-electron chi connectivity index (χ1n) is 3.88. The maximum Gasteiger partial charge on any atom is 0.416 e. The van der Waals surface area contributed by atoms with Crippen molar-refractivity contribution in [2.45, 2.75) is 6.18 Å². The average Bonchev–Trinajstić information content (AvgIpc) is 2.14. The zero-order valence-electron chi connectivity index (χ0n) is 7.44. The lowest BCUT2D eigenvalue weighted by Gasteiger charge is -2.08. The molecule has 0 N–H and O–H groups in total. The van der Waals surface area contributed by atoms with Gasteiger partial charge in [0.05, 0.1) is 5.56 Å². The Hall–Kier alpha value is -1.70. The summed E-state index contributed by atoms with van der Waals surface area (Å²) >= 11 is 0. The normalized spacial score (nSPS) is 10.9. The van der Waals surface area contributed by atoms with Gasteiger partial charge in [-0.05, 0) is 18.2 Å². The lowest BCUT2D eigenvalue weighted by molar-refractivity contribution is -0.137. The minimum Gasteiger partial charge on any atom is -0.478 e. The van der Waals surface area contributed by atoms with Gasteiger partial charge in [0.25, 0.3) is 0 Å². The number of hydrogen-bond acceptors (Lipinski definition) is 1. The lowest BCUT2D eigenvalue weighted by Crippen LogP contribution is -2.06. The van der Waals surface area contributed by atoms with Gasteiger partial charge in [0.15, 0.2) is 11.6 Å². The first-order chi connectivity index (χ1) is 6.95. The highest BCUT2D eigenvalue weighted by Crippen LogP contribution is 2.31. The predicted octanol–water partition coefficient (Wildman–Crippen LogP) is 2.86. The smallest absolute Gasteiger partial charge is 0.416 e. The van der Waals surface area contributed by atoms with Crippen molar-refractivity contribution in [3.8, 4) is 18.1 Å². The lowest BCUT2D eigenvalue weighted by atomic mass is 10.2. The van der Waals surface area contributed by atoms with Crippen LogP contribution in [0.5, 0.6) is 5.75 Å². The second kappa shape index (κ2) is 4.22. The van der Waals surface area contributed by atoms with Crippen LogP contribution in [0.2, 0.25) is 0 Å². The van der Waals surface area contributed by atoms with Crippen molar-refractivity contribution in [2.24, 2.45) is 0 Å². The third-order valence-corrected chi connectivity index (χ3v) is 1.57. The van der Waals surface area contributed by atoms with Crippen molar-refractivity contribution in [1.82, 2.24) is 0 Å². The van der Waals surface area contributed by atoms with E-state index in [0.717, 1.165) is 12.1 Å². The molecule has 0 spiro atoms. The maximum atomic E-state index is 13.0. The fourth-order valence-corrected chi connectivity index (χ4v) is 0.914. The van der Waals surface area contributed by atoms with Crippen LogP contribution in [-0.2, 0) is 6.18 Å². The molecule has 0 saturated heterocycles. The molecule has 0 bridgehead atoms. The molecule has 80 valence electrons. The number of benzene rings is 1. The number of rotatable bonds is 2. The van der Waals surface area contributed by atoms with Gasteiger partial charge in [0.2, 0.25) is 0 Å². The molecule has 0 aliphatic carbocycles. The van der Waals surface area contributed by atoms with Crippen molar-refractivity contribution in [3.63, 3.8) is 0 Å². The van der Waals surface area contributed by atoms with Crippen molar-refractivity contribution in [1.29, 1.82) is 0 Å². The molecule has 1 rings (SSSR count). The summed E-state index contributed by atoms with van der Waals surface area (Å²) in [4.78, 5) is 0. The zero-order chi connectivity index (χ0) is 11.5. The highest BCUT2D eigenvalue weighted by molar-refractivity contribution is 5.31. The van der Waals surface area contributed by atoms with E-state index in [1.807, 2.05) is 0 Å². The van der Waals surface area contributed by atoms with Gasteiger partial charge in [-0.1, -0.05) is 5.92 Å². The average molecular weight is 218 g/mol.